The Morgan fingerprint density at radius 1 is 1.41 bits per heavy atom. The van der Waals surface area contributed by atoms with E-state index in [-0.39, 0.29) is 12.4 Å². The van der Waals surface area contributed by atoms with Crippen LogP contribution in [0.25, 0.3) is 5.57 Å². The molecule has 0 saturated carbocycles. The number of rotatable bonds is 3. The van der Waals surface area contributed by atoms with Crippen molar-refractivity contribution in [2.75, 3.05) is 20.3 Å². The fraction of sp³-hybridized carbons (Fsp3) is 0.385. The molecular formula is C13H16O4. The van der Waals surface area contributed by atoms with Gasteiger partial charge < -0.3 is 19.7 Å². The number of benzene rings is 1. The number of aliphatic hydroxyl groups excluding tert-OH is 1. The van der Waals surface area contributed by atoms with Gasteiger partial charge in [0, 0.05) is 18.2 Å². The van der Waals surface area contributed by atoms with Crippen LogP contribution in [-0.2, 0) is 0 Å². The van der Waals surface area contributed by atoms with Gasteiger partial charge in [-0.1, -0.05) is 0 Å². The predicted molar refractivity (Wildman–Crippen MR) is 64.5 cm³/mol. The first-order valence-electron chi connectivity index (χ1n) is 5.51. The molecule has 1 aliphatic rings. The number of hydrogen-bond donors (Lipinski definition) is 2. The van der Waals surface area contributed by atoms with Gasteiger partial charge in [0.05, 0.1) is 7.11 Å². The van der Waals surface area contributed by atoms with Crippen LogP contribution >= 0.6 is 0 Å². The number of hydrogen-bond acceptors (Lipinski definition) is 4. The first-order valence-corrected chi connectivity index (χ1v) is 5.51. The second-order valence-corrected chi connectivity index (χ2v) is 4.01. The van der Waals surface area contributed by atoms with E-state index in [1.165, 1.54) is 7.11 Å². The summed E-state index contributed by atoms with van der Waals surface area (Å²) in [7, 11) is 1.50. The molecule has 1 aromatic carbocycles. The molecule has 1 heterocycles. The van der Waals surface area contributed by atoms with E-state index in [0.717, 1.165) is 16.7 Å². The van der Waals surface area contributed by atoms with Crippen LogP contribution in [0.1, 0.15) is 18.9 Å². The van der Waals surface area contributed by atoms with Crippen molar-refractivity contribution < 1.29 is 19.7 Å². The van der Waals surface area contributed by atoms with Crippen LogP contribution in [0.4, 0.5) is 0 Å². The third kappa shape index (κ3) is 2.08. The van der Waals surface area contributed by atoms with E-state index in [1.54, 1.807) is 12.1 Å². The molecule has 2 N–H and O–H groups in total. The van der Waals surface area contributed by atoms with Crippen LogP contribution in [0.5, 0.6) is 17.2 Å². The summed E-state index contributed by atoms with van der Waals surface area (Å²) in [6.07, 6.45) is 0.595. The Balaban J connectivity index is 2.47. The molecule has 4 nitrogen and oxygen atoms in total. The van der Waals surface area contributed by atoms with E-state index in [9.17, 15) is 5.11 Å². The third-order valence-electron chi connectivity index (χ3n) is 3.03. The Kier molecular flexibility index (Phi) is 3.24. The highest BCUT2D eigenvalue weighted by atomic mass is 16.5. The smallest absolute Gasteiger partial charge is 0.164 e. The quantitative estimate of drug-likeness (QED) is 0.842. The Bertz CT molecular complexity index is 463. The average Bonchev–Trinajstić information content (AvgIpc) is 2.33. The summed E-state index contributed by atoms with van der Waals surface area (Å²) in [5.41, 5.74) is 2.97. The molecule has 0 atom stereocenters. The van der Waals surface area contributed by atoms with Crippen molar-refractivity contribution in [3.05, 3.63) is 23.3 Å². The summed E-state index contributed by atoms with van der Waals surface area (Å²) in [5, 5.41) is 18.7. The SMILES string of the molecule is COc1cc2c(cc1O)C(C)=C(CCO)CO2. The van der Waals surface area contributed by atoms with Crippen molar-refractivity contribution in [1.82, 2.24) is 0 Å². The van der Waals surface area contributed by atoms with E-state index in [0.29, 0.717) is 24.5 Å². The van der Waals surface area contributed by atoms with E-state index in [2.05, 4.69) is 0 Å². The van der Waals surface area contributed by atoms with Crippen molar-refractivity contribution in [2.24, 2.45) is 0 Å². The number of fused-ring (bicyclic) bond motifs is 1. The normalized spacial score (nSPS) is 14.3. The molecule has 2 rings (SSSR count). The molecule has 0 bridgehead atoms. The molecule has 0 saturated heterocycles. The Morgan fingerprint density at radius 3 is 2.82 bits per heavy atom. The lowest BCUT2D eigenvalue weighted by atomic mass is 9.96. The zero-order valence-electron chi connectivity index (χ0n) is 9.99. The standard InChI is InChI=1S/C13H16O4/c1-8-9(3-4-14)7-17-12-6-13(16-2)11(15)5-10(8)12/h5-6,14-15H,3-4,7H2,1-2H3. The molecule has 92 valence electrons. The lowest BCUT2D eigenvalue weighted by molar-refractivity contribution is 0.282. The first-order chi connectivity index (χ1) is 8.17. The number of phenols is 1. The maximum atomic E-state index is 9.75. The number of aromatic hydroxyl groups is 1. The van der Waals surface area contributed by atoms with Crippen molar-refractivity contribution in [3.8, 4) is 17.2 Å². The lowest BCUT2D eigenvalue weighted by Crippen LogP contribution is -2.11. The third-order valence-corrected chi connectivity index (χ3v) is 3.03. The summed E-state index contributed by atoms with van der Waals surface area (Å²) >= 11 is 0. The van der Waals surface area contributed by atoms with E-state index in [4.69, 9.17) is 14.6 Å². The number of aliphatic hydroxyl groups is 1. The number of phenolic OH excluding ortho intramolecular Hbond substituents is 1. The van der Waals surface area contributed by atoms with Crippen LogP contribution < -0.4 is 9.47 Å². The van der Waals surface area contributed by atoms with Crippen molar-refractivity contribution in [2.45, 2.75) is 13.3 Å². The summed E-state index contributed by atoms with van der Waals surface area (Å²) in [5.74, 6) is 1.21. The summed E-state index contributed by atoms with van der Waals surface area (Å²) in [6, 6.07) is 3.32. The molecule has 4 heteroatoms. The van der Waals surface area contributed by atoms with Gasteiger partial charge in [0.2, 0.25) is 0 Å². The molecule has 0 unspecified atom stereocenters. The van der Waals surface area contributed by atoms with Gasteiger partial charge in [0.1, 0.15) is 12.4 Å². The zero-order chi connectivity index (χ0) is 12.4. The fourth-order valence-electron chi connectivity index (χ4n) is 1.98. The summed E-state index contributed by atoms with van der Waals surface area (Å²) in [4.78, 5) is 0. The largest absolute Gasteiger partial charge is 0.504 e. The van der Waals surface area contributed by atoms with Crippen LogP contribution in [0.3, 0.4) is 0 Å². The number of ether oxygens (including phenoxy) is 2. The van der Waals surface area contributed by atoms with Crippen molar-refractivity contribution in [3.63, 3.8) is 0 Å². The van der Waals surface area contributed by atoms with Crippen LogP contribution in [0.15, 0.2) is 17.7 Å². The minimum absolute atomic E-state index is 0.0967. The maximum Gasteiger partial charge on any atom is 0.164 e. The average molecular weight is 236 g/mol. The topological polar surface area (TPSA) is 58.9 Å². The molecule has 0 aromatic heterocycles. The molecule has 0 radical (unpaired) electrons. The highest BCUT2D eigenvalue weighted by molar-refractivity contribution is 5.76. The Labute approximate surface area is 100 Å². The van der Waals surface area contributed by atoms with Gasteiger partial charge in [0.25, 0.3) is 0 Å². The molecule has 0 spiro atoms. The van der Waals surface area contributed by atoms with Crippen LogP contribution in [0.2, 0.25) is 0 Å². The minimum Gasteiger partial charge on any atom is -0.504 e. The monoisotopic (exact) mass is 236 g/mol. The van der Waals surface area contributed by atoms with Gasteiger partial charge in [-0.2, -0.15) is 0 Å². The van der Waals surface area contributed by atoms with E-state index < -0.39 is 0 Å². The van der Waals surface area contributed by atoms with E-state index in [1.807, 2.05) is 6.92 Å². The number of allylic oxidation sites excluding steroid dienone is 1. The van der Waals surface area contributed by atoms with Gasteiger partial charge in [-0.15, -0.1) is 0 Å². The van der Waals surface area contributed by atoms with Gasteiger partial charge in [0.15, 0.2) is 11.5 Å². The Hall–Kier alpha value is -1.68. The molecule has 1 aromatic rings. The zero-order valence-corrected chi connectivity index (χ0v) is 9.99. The van der Waals surface area contributed by atoms with E-state index >= 15 is 0 Å². The van der Waals surface area contributed by atoms with Gasteiger partial charge in [-0.25, -0.2) is 0 Å². The fourth-order valence-corrected chi connectivity index (χ4v) is 1.98. The first kappa shape index (κ1) is 11.8. The second-order valence-electron chi connectivity index (χ2n) is 4.01. The molecule has 0 aliphatic carbocycles. The molecule has 1 aliphatic heterocycles. The van der Waals surface area contributed by atoms with Crippen molar-refractivity contribution in [1.29, 1.82) is 0 Å². The van der Waals surface area contributed by atoms with Gasteiger partial charge in [-0.05, 0) is 30.6 Å². The molecular weight excluding hydrogens is 220 g/mol. The summed E-state index contributed by atoms with van der Waals surface area (Å²) in [6.45, 7) is 2.55. The highest BCUT2D eigenvalue weighted by Crippen LogP contribution is 2.40. The molecule has 0 amide bonds. The van der Waals surface area contributed by atoms with Crippen LogP contribution in [0, 0.1) is 0 Å². The number of methoxy groups -OCH3 is 1. The lowest BCUT2D eigenvalue weighted by Gasteiger charge is -2.22. The second kappa shape index (κ2) is 4.67. The van der Waals surface area contributed by atoms with Crippen molar-refractivity contribution >= 4 is 5.57 Å². The highest BCUT2D eigenvalue weighted by Gasteiger charge is 2.19. The summed E-state index contributed by atoms with van der Waals surface area (Å²) < 4.78 is 10.6. The van der Waals surface area contributed by atoms with Crippen LogP contribution in [-0.4, -0.2) is 30.5 Å². The maximum absolute atomic E-state index is 9.75. The molecule has 17 heavy (non-hydrogen) atoms. The predicted octanol–water partition coefficient (Wildman–Crippen LogP) is 1.95. The Morgan fingerprint density at radius 2 is 2.18 bits per heavy atom. The van der Waals surface area contributed by atoms with Gasteiger partial charge >= 0.3 is 0 Å². The molecule has 0 fully saturated rings. The minimum atomic E-state index is 0.0967. The van der Waals surface area contributed by atoms with Gasteiger partial charge in [-0.3, -0.25) is 0 Å².